The molecule has 0 radical (unpaired) electrons. The normalized spacial score (nSPS) is 18.1. The van der Waals surface area contributed by atoms with Crippen LogP contribution in [0.2, 0.25) is 5.02 Å². The number of aromatic nitrogens is 4. The zero-order valence-corrected chi connectivity index (χ0v) is 23.3. The summed E-state index contributed by atoms with van der Waals surface area (Å²) in [7, 11) is 0.677. The van der Waals surface area contributed by atoms with Gasteiger partial charge in [0.2, 0.25) is 5.95 Å². The Kier molecular flexibility index (Phi) is 7.61. The molecule has 38 heavy (non-hydrogen) atoms. The molecule has 5 rings (SSSR count). The summed E-state index contributed by atoms with van der Waals surface area (Å²) in [5, 5.41) is 3.72. The van der Waals surface area contributed by atoms with Gasteiger partial charge in [-0.1, -0.05) is 23.7 Å². The quantitative estimate of drug-likeness (QED) is 0.330. The van der Waals surface area contributed by atoms with Crippen molar-refractivity contribution in [3.8, 4) is 11.3 Å². The maximum absolute atomic E-state index is 12.8. The minimum atomic E-state index is -3.61. The van der Waals surface area contributed by atoms with Gasteiger partial charge >= 0.3 is 0 Å². The van der Waals surface area contributed by atoms with E-state index >= 15 is 0 Å². The average Bonchev–Trinajstić information content (AvgIpc) is 2.89. The Morgan fingerprint density at radius 2 is 1.76 bits per heavy atom. The Labute approximate surface area is 228 Å². The molecule has 0 spiro atoms. The van der Waals surface area contributed by atoms with Gasteiger partial charge in [0.1, 0.15) is 5.52 Å². The molecule has 3 heterocycles. The van der Waals surface area contributed by atoms with Gasteiger partial charge in [0.25, 0.3) is 0 Å². The summed E-state index contributed by atoms with van der Waals surface area (Å²) >= 11 is 6.09. The topological polar surface area (TPSA) is 101 Å². The summed E-state index contributed by atoms with van der Waals surface area (Å²) in [4.78, 5) is 20.9. The molecule has 10 heteroatoms. The van der Waals surface area contributed by atoms with E-state index in [2.05, 4.69) is 34.3 Å². The SMILES string of the molecule is Cc1cc(-c2ccc(CS(=O)(=O)c3ccccc3Cl)nc2)nc2cnc(NC3CCC(N(C)C)CC3)nc12. The molecule has 0 atom stereocenters. The second-order valence-electron chi connectivity index (χ2n) is 10.1. The van der Waals surface area contributed by atoms with Crippen molar-refractivity contribution in [3.05, 3.63) is 71.1 Å². The molecule has 0 unspecified atom stereocenters. The lowest BCUT2D eigenvalue weighted by molar-refractivity contribution is 0.221. The van der Waals surface area contributed by atoms with Crippen molar-refractivity contribution in [3.63, 3.8) is 0 Å². The van der Waals surface area contributed by atoms with Gasteiger partial charge in [-0.15, -0.1) is 0 Å². The molecule has 198 valence electrons. The molecule has 1 aromatic carbocycles. The highest BCUT2D eigenvalue weighted by molar-refractivity contribution is 7.90. The second-order valence-corrected chi connectivity index (χ2v) is 12.5. The Bertz CT molecular complexity index is 1550. The number of nitrogens with one attached hydrogen (secondary N) is 1. The second kappa shape index (κ2) is 10.9. The summed E-state index contributed by atoms with van der Waals surface area (Å²) in [5.41, 5.74) is 4.45. The summed E-state index contributed by atoms with van der Waals surface area (Å²) in [6.07, 6.45) is 7.94. The number of halogens is 1. The van der Waals surface area contributed by atoms with Gasteiger partial charge in [-0.2, -0.15) is 0 Å². The third-order valence-corrected chi connectivity index (χ3v) is 9.27. The number of rotatable bonds is 7. The molecule has 1 saturated carbocycles. The number of anilines is 1. The van der Waals surface area contributed by atoms with E-state index in [9.17, 15) is 8.42 Å². The van der Waals surface area contributed by atoms with Crippen molar-refractivity contribution in [1.29, 1.82) is 0 Å². The first-order chi connectivity index (χ1) is 18.2. The highest BCUT2D eigenvalue weighted by Gasteiger charge is 2.23. The highest BCUT2D eigenvalue weighted by Crippen LogP contribution is 2.27. The Morgan fingerprint density at radius 1 is 1.00 bits per heavy atom. The predicted molar refractivity (Wildman–Crippen MR) is 151 cm³/mol. The number of hydrogen-bond donors (Lipinski definition) is 1. The fourth-order valence-corrected chi connectivity index (χ4v) is 6.81. The highest BCUT2D eigenvalue weighted by atomic mass is 35.5. The minimum Gasteiger partial charge on any atom is -0.351 e. The molecule has 4 aromatic rings. The summed E-state index contributed by atoms with van der Waals surface area (Å²) < 4.78 is 25.6. The number of benzene rings is 1. The molecular weight excluding hydrogens is 520 g/mol. The van der Waals surface area contributed by atoms with E-state index in [0.29, 0.717) is 29.2 Å². The third-order valence-electron chi connectivity index (χ3n) is 7.13. The first kappa shape index (κ1) is 26.5. The van der Waals surface area contributed by atoms with E-state index in [4.69, 9.17) is 21.6 Å². The molecule has 0 saturated heterocycles. The monoisotopic (exact) mass is 550 g/mol. The summed E-state index contributed by atoms with van der Waals surface area (Å²) in [6.45, 7) is 2.00. The largest absolute Gasteiger partial charge is 0.351 e. The van der Waals surface area contributed by atoms with Gasteiger partial charge in [0.05, 0.1) is 38.8 Å². The van der Waals surface area contributed by atoms with Crippen molar-refractivity contribution >= 4 is 38.4 Å². The van der Waals surface area contributed by atoms with Crippen LogP contribution in [0, 0.1) is 6.92 Å². The number of pyridine rings is 2. The fourth-order valence-electron chi connectivity index (χ4n) is 4.95. The lowest BCUT2D eigenvalue weighted by Gasteiger charge is -2.32. The molecule has 8 nitrogen and oxygen atoms in total. The van der Waals surface area contributed by atoms with Crippen LogP contribution in [0.15, 0.2) is 59.8 Å². The van der Waals surface area contributed by atoms with Gasteiger partial charge in [0, 0.05) is 23.8 Å². The third kappa shape index (κ3) is 5.80. The van der Waals surface area contributed by atoms with Crippen LogP contribution in [0.25, 0.3) is 22.3 Å². The van der Waals surface area contributed by atoms with Crippen LogP contribution in [0.1, 0.15) is 36.9 Å². The smallest absolute Gasteiger partial charge is 0.223 e. The zero-order valence-electron chi connectivity index (χ0n) is 21.7. The van der Waals surface area contributed by atoms with Crippen LogP contribution in [0.5, 0.6) is 0 Å². The van der Waals surface area contributed by atoms with Crippen molar-refractivity contribution < 1.29 is 8.42 Å². The van der Waals surface area contributed by atoms with Gasteiger partial charge in [-0.3, -0.25) is 4.98 Å². The summed E-state index contributed by atoms with van der Waals surface area (Å²) in [6, 6.07) is 13.0. The Balaban J connectivity index is 1.31. The predicted octanol–water partition coefficient (Wildman–Crippen LogP) is 5.31. The van der Waals surface area contributed by atoms with E-state index in [1.54, 1.807) is 36.7 Å². The van der Waals surface area contributed by atoms with E-state index in [1.807, 2.05) is 19.1 Å². The number of aryl methyl sites for hydroxylation is 1. The Hall–Kier alpha value is -3.14. The van der Waals surface area contributed by atoms with Crippen molar-refractivity contribution in [2.75, 3.05) is 19.4 Å². The van der Waals surface area contributed by atoms with Gasteiger partial charge in [-0.05, 0) is 82.6 Å². The molecule has 1 aliphatic rings. The molecule has 0 amide bonds. The van der Waals surface area contributed by atoms with Crippen molar-refractivity contribution in [2.24, 2.45) is 0 Å². The zero-order chi connectivity index (χ0) is 26.9. The maximum Gasteiger partial charge on any atom is 0.223 e. The molecule has 0 bridgehead atoms. The summed E-state index contributed by atoms with van der Waals surface area (Å²) in [5.74, 6) is 0.399. The Morgan fingerprint density at radius 3 is 2.45 bits per heavy atom. The molecule has 0 aliphatic heterocycles. The minimum absolute atomic E-state index is 0.106. The standard InChI is InChI=1S/C28H31ClN6O2S/c1-18-14-24(19-8-9-21(30-15-19)17-38(36,37)26-7-5-4-6-23(26)29)33-25-16-31-28(34-27(18)25)32-20-10-12-22(13-11-20)35(2)3/h4-9,14-16,20,22H,10-13,17H2,1-3H3,(H,31,32,34). The molecule has 1 N–H and O–H groups in total. The van der Waals surface area contributed by atoms with Crippen LogP contribution in [-0.4, -0.2) is 59.4 Å². The van der Waals surface area contributed by atoms with E-state index in [1.165, 1.54) is 18.9 Å². The van der Waals surface area contributed by atoms with Crippen LogP contribution < -0.4 is 5.32 Å². The molecule has 3 aromatic heterocycles. The van der Waals surface area contributed by atoms with Crippen LogP contribution in [0.3, 0.4) is 0 Å². The number of sulfone groups is 1. The van der Waals surface area contributed by atoms with Gasteiger partial charge in [0.15, 0.2) is 9.84 Å². The number of nitrogens with zero attached hydrogens (tertiary/aromatic N) is 5. The first-order valence-electron chi connectivity index (χ1n) is 12.7. The van der Waals surface area contributed by atoms with E-state index in [0.717, 1.165) is 35.2 Å². The van der Waals surface area contributed by atoms with Crippen LogP contribution in [0.4, 0.5) is 5.95 Å². The lowest BCUT2D eigenvalue weighted by Crippen LogP contribution is -2.36. The first-order valence-corrected chi connectivity index (χ1v) is 14.7. The van der Waals surface area contributed by atoms with Crippen molar-refractivity contribution in [2.45, 2.75) is 55.3 Å². The van der Waals surface area contributed by atoms with Crippen LogP contribution in [-0.2, 0) is 15.6 Å². The van der Waals surface area contributed by atoms with Gasteiger partial charge < -0.3 is 10.2 Å². The molecule has 1 fully saturated rings. The molecule has 1 aliphatic carbocycles. The molecular formula is C28H31ClN6O2S. The lowest BCUT2D eigenvalue weighted by atomic mass is 9.91. The van der Waals surface area contributed by atoms with E-state index in [-0.39, 0.29) is 15.7 Å². The van der Waals surface area contributed by atoms with Crippen molar-refractivity contribution in [1.82, 2.24) is 24.8 Å². The number of fused-ring (bicyclic) bond motifs is 1. The number of hydrogen-bond acceptors (Lipinski definition) is 8. The van der Waals surface area contributed by atoms with E-state index < -0.39 is 9.84 Å². The maximum atomic E-state index is 12.8. The van der Waals surface area contributed by atoms with Crippen LogP contribution >= 0.6 is 11.6 Å². The average molecular weight is 551 g/mol. The fraction of sp³-hybridized carbons (Fsp3) is 0.357. The van der Waals surface area contributed by atoms with Gasteiger partial charge in [-0.25, -0.2) is 23.4 Å².